The van der Waals surface area contributed by atoms with Crippen molar-refractivity contribution in [1.82, 2.24) is 5.32 Å². The zero-order valence-electron chi connectivity index (χ0n) is 15.2. The van der Waals surface area contributed by atoms with Crippen LogP contribution >= 0.6 is 0 Å². The van der Waals surface area contributed by atoms with Crippen LogP contribution in [0.1, 0.15) is 17.2 Å². The monoisotopic (exact) mass is 396 g/mol. The van der Waals surface area contributed by atoms with Gasteiger partial charge in [0.15, 0.2) is 11.5 Å². The summed E-state index contributed by atoms with van der Waals surface area (Å²) in [5, 5.41) is 27.9. The molecule has 2 aromatic rings. The van der Waals surface area contributed by atoms with Gasteiger partial charge in [-0.15, -0.1) is 0 Å². The lowest BCUT2D eigenvalue weighted by Crippen LogP contribution is -2.26. The van der Waals surface area contributed by atoms with Crippen molar-refractivity contribution >= 4 is 10.0 Å². The average molecular weight is 396 g/mol. The first kappa shape index (κ1) is 21.0. The lowest BCUT2D eigenvalue weighted by Gasteiger charge is -2.15. The van der Waals surface area contributed by atoms with Crippen LogP contribution in [0.4, 0.5) is 0 Å². The van der Waals surface area contributed by atoms with E-state index in [1.54, 1.807) is 25.1 Å². The number of hydrogen-bond acceptors (Lipinski definition) is 7. The highest BCUT2D eigenvalue weighted by Crippen LogP contribution is 2.30. The molecule has 2 aromatic carbocycles. The maximum absolute atomic E-state index is 11.6. The third kappa shape index (κ3) is 5.83. The van der Waals surface area contributed by atoms with Crippen molar-refractivity contribution in [2.24, 2.45) is 5.14 Å². The molecular weight excluding hydrogens is 372 g/mol. The van der Waals surface area contributed by atoms with Gasteiger partial charge >= 0.3 is 0 Å². The third-order valence-electron chi connectivity index (χ3n) is 3.92. The largest absolute Gasteiger partial charge is 0.508 e. The van der Waals surface area contributed by atoms with Crippen LogP contribution in [-0.4, -0.2) is 45.4 Å². The fraction of sp³-hybridized carbons (Fsp3) is 0.333. The summed E-state index contributed by atoms with van der Waals surface area (Å²) < 4.78 is 33.8. The average Bonchev–Trinajstić information content (AvgIpc) is 2.60. The number of phenols is 1. The summed E-state index contributed by atoms with van der Waals surface area (Å²) >= 11 is 0. The number of aromatic hydroxyl groups is 1. The minimum absolute atomic E-state index is 0.00152. The number of phenolic OH excluding ortho intramolecular Hbond substituents is 1. The Bertz CT molecular complexity index is 885. The van der Waals surface area contributed by atoms with E-state index in [4.69, 9.17) is 14.6 Å². The molecule has 0 bridgehead atoms. The Hall–Kier alpha value is -2.33. The number of primary sulfonamides is 1. The van der Waals surface area contributed by atoms with Crippen molar-refractivity contribution in [3.05, 3.63) is 47.5 Å². The number of hydrogen-bond donors (Lipinski definition) is 4. The van der Waals surface area contributed by atoms with Crippen LogP contribution in [0.3, 0.4) is 0 Å². The molecule has 5 N–H and O–H groups in total. The normalized spacial score (nSPS) is 12.6. The molecule has 1 atom stereocenters. The van der Waals surface area contributed by atoms with E-state index in [-0.39, 0.29) is 23.8 Å². The van der Waals surface area contributed by atoms with Crippen LogP contribution < -0.4 is 19.9 Å². The summed E-state index contributed by atoms with van der Waals surface area (Å²) in [7, 11) is -2.34. The first-order chi connectivity index (χ1) is 12.7. The Morgan fingerprint density at radius 1 is 1.19 bits per heavy atom. The summed E-state index contributed by atoms with van der Waals surface area (Å²) in [6.45, 7) is 2.54. The highest BCUT2D eigenvalue weighted by molar-refractivity contribution is 7.89. The minimum Gasteiger partial charge on any atom is -0.508 e. The van der Waals surface area contributed by atoms with Gasteiger partial charge in [0, 0.05) is 19.2 Å². The molecule has 0 fully saturated rings. The van der Waals surface area contributed by atoms with Gasteiger partial charge in [-0.05, 0) is 36.2 Å². The second-order valence-corrected chi connectivity index (χ2v) is 7.50. The molecule has 0 aliphatic carbocycles. The van der Waals surface area contributed by atoms with E-state index in [1.807, 2.05) is 0 Å². The predicted molar refractivity (Wildman–Crippen MR) is 101 cm³/mol. The molecule has 1 unspecified atom stereocenters. The number of nitrogens with one attached hydrogen (secondary N) is 1. The van der Waals surface area contributed by atoms with Crippen molar-refractivity contribution in [2.75, 3.05) is 26.8 Å². The molecule has 0 aliphatic heterocycles. The number of methoxy groups -OCH3 is 1. The number of aryl methyl sites for hydroxylation is 1. The Kier molecular flexibility index (Phi) is 7.03. The first-order valence-electron chi connectivity index (χ1n) is 8.24. The SMILES string of the molecule is COc1ccc(O)cc1OCCNCC(O)c1ccc(C)c(S(N)(=O)=O)c1. The van der Waals surface area contributed by atoms with Gasteiger partial charge in [-0.1, -0.05) is 12.1 Å². The summed E-state index contributed by atoms with van der Waals surface area (Å²) in [5.41, 5.74) is 0.975. The Morgan fingerprint density at radius 3 is 2.59 bits per heavy atom. The summed E-state index contributed by atoms with van der Waals surface area (Å²) in [4.78, 5) is -0.00152. The maximum atomic E-state index is 11.6. The van der Waals surface area contributed by atoms with Crippen molar-refractivity contribution < 1.29 is 28.1 Å². The number of aliphatic hydroxyl groups excluding tert-OH is 1. The molecule has 0 heterocycles. The summed E-state index contributed by atoms with van der Waals surface area (Å²) in [6.07, 6.45) is -0.901. The molecule has 0 radical (unpaired) electrons. The lowest BCUT2D eigenvalue weighted by molar-refractivity contribution is 0.171. The van der Waals surface area contributed by atoms with Crippen LogP contribution in [-0.2, 0) is 10.0 Å². The van der Waals surface area contributed by atoms with Crippen LogP contribution in [0.2, 0.25) is 0 Å². The van der Waals surface area contributed by atoms with E-state index in [9.17, 15) is 18.6 Å². The number of rotatable bonds is 9. The van der Waals surface area contributed by atoms with Crippen molar-refractivity contribution in [1.29, 1.82) is 0 Å². The van der Waals surface area contributed by atoms with Gasteiger partial charge in [0.05, 0.1) is 18.1 Å². The topological polar surface area (TPSA) is 131 Å². The molecule has 0 aliphatic rings. The Morgan fingerprint density at radius 2 is 1.93 bits per heavy atom. The highest BCUT2D eigenvalue weighted by Gasteiger charge is 2.15. The van der Waals surface area contributed by atoms with Crippen LogP contribution in [0.5, 0.6) is 17.2 Å². The lowest BCUT2D eigenvalue weighted by atomic mass is 10.1. The standard InChI is InChI=1S/C18H24N2O6S/c1-12-3-4-13(9-18(12)27(19,23)24)15(22)11-20-7-8-26-17-10-14(21)5-6-16(17)25-2/h3-6,9-10,15,20-22H,7-8,11H2,1-2H3,(H2,19,23,24). The molecule has 27 heavy (non-hydrogen) atoms. The van der Waals surface area contributed by atoms with E-state index < -0.39 is 16.1 Å². The highest BCUT2D eigenvalue weighted by atomic mass is 32.2. The molecule has 2 rings (SSSR count). The van der Waals surface area contributed by atoms with Crippen LogP contribution in [0.25, 0.3) is 0 Å². The van der Waals surface area contributed by atoms with Crippen molar-refractivity contribution in [2.45, 2.75) is 17.9 Å². The van der Waals surface area contributed by atoms with Gasteiger partial charge in [0.1, 0.15) is 12.4 Å². The maximum Gasteiger partial charge on any atom is 0.238 e. The zero-order valence-corrected chi connectivity index (χ0v) is 16.0. The van der Waals surface area contributed by atoms with Gasteiger partial charge in [0.2, 0.25) is 10.0 Å². The second-order valence-electron chi connectivity index (χ2n) is 5.97. The van der Waals surface area contributed by atoms with Crippen molar-refractivity contribution in [3.63, 3.8) is 0 Å². The number of nitrogens with two attached hydrogens (primary N) is 1. The second kappa shape index (κ2) is 9.05. The molecule has 0 saturated carbocycles. The Balaban J connectivity index is 1.87. The van der Waals surface area contributed by atoms with E-state index in [0.717, 1.165) is 0 Å². The number of benzene rings is 2. The van der Waals surface area contributed by atoms with E-state index in [1.165, 1.54) is 25.3 Å². The molecule has 9 heteroatoms. The molecule has 0 amide bonds. The molecule has 8 nitrogen and oxygen atoms in total. The fourth-order valence-electron chi connectivity index (χ4n) is 2.50. The smallest absolute Gasteiger partial charge is 0.238 e. The minimum atomic E-state index is -3.84. The van der Waals surface area contributed by atoms with Crippen molar-refractivity contribution in [3.8, 4) is 17.2 Å². The molecule has 0 aromatic heterocycles. The van der Waals surface area contributed by atoms with E-state index in [0.29, 0.717) is 29.2 Å². The van der Waals surface area contributed by atoms with Crippen LogP contribution in [0.15, 0.2) is 41.3 Å². The number of sulfonamides is 1. The molecule has 0 saturated heterocycles. The summed E-state index contributed by atoms with van der Waals surface area (Å²) in [6, 6.07) is 9.19. The molecular formula is C18H24N2O6S. The molecule has 148 valence electrons. The molecule has 0 spiro atoms. The predicted octanol–water partition coefficient (Wildman–Crippen LogP) is 1.06. The van der Waals surface area contributed by atoms with Gasteiger partial charge in [-0.2, -0.15) is 0 Å². The van der Waals surface area contributed by atoms with Gasteiger partial charge in [-0.25, -0.2) is 13.6 Å². The third-order valence-corrected chi connectivity index (χ3v) is 4.98. The van der Waals surface area contributed by atoms with E-state index in [2.05, 4.69) is 5.32 Å². The van der Waals surface area contributed by atoms with Gasteiger partial charge < -0.3 is 25.0 Å². The Labute approximate surface area is 158 Å². The number of ether oxygens (including phenoxy) is 2. The fourth-order valence-corrected chi connectivity index (χ4v) is 3.32. The number of aliphatic hydroxyl groups is 1. The van der Waals surface area contributed by atoms with E-state index >= 15 is 0 Å². The first-order valence-corrected chi connectivity index (χ1v) is 9.79. The summed E-state index contributed by atoms with van der Waals surface area (Å²) in [5.74, 6) is 0.985. The van der Waals surface area contributed by atoms with Gasteiger partial charge in [0.25, 0.3) is 0 Å². The quantitative estimate of drug-likeness (QED) is 0.466. The van der Waals surface area contributed by atoms with Gasteiger partial charge in [-0.3, -0.25) is 0 Å². The van der Waals surface area contributed by atoms with Crippen LogP contribution in [0, 0.1) is 6.92 Å². The zero-order chi connectivity index (χ0) is 20.0.